The summed E-state index contributed by atoms with van der Waals surface area (Å²) in [5, 5.41) is 0. The van der Waals surface area contributed by atoms with Gasteiger partial charge in [-0.3, -0.25) is 0 Å². The molecule has 1 aromatic heterocycles. The third kappa shape index (κ3) is 4.82. The number of methoxy groups -OCH3 is 1. The number of fused-ring (bicyclic) bond motifs is 1. The van der Waals surface area contributed by atoms with Crippen molar-refractivity contribution in [3.8, 4) is 11.1 Å². The number of allylic oxidation sites excluding steroid dienone is 1. The first kappa shape index (κ1) is 23.1. The van der Waals surface area contributed by atoms with Crippen LogP contribution >= 0.6 is 0 Å². The van der Waals surface area contributed by atoms with Gasteiger partial charge in [-0.2, -0.15) is 0 Å². The van der Waals surface area contributed by atoms with Crippen LogP contribution in [-0.4, -0.2) is 43.6 Å². The summed E-state index contributed by atoms with van der Waals surface area (Å²) in [5.41, 5.74) is 8.08. The van der Waals surface area contributed by atoms with Gasteiger partial charge in [0.15, 0.2) is 0 Å². The van der Waals surface area contributed by atoms with Crippen molar-refractivity contribution in [1.82, 2.24) is 14.3 Å². The molecule has 0 unspecified atom stereocenters. The number of aromatic nitrogens is 2. The zero-order valence-electron chi connectivity index (χ0n) is 18.3. The lowest BCUT2D eigenvalue weighted by Crippen LogP contribution is -2.25. The number of nitrogens with one attached hydrogen (secondary N) is 1. The number of sulfonamides is 1. The predicted octanol–water partition coefficient (Wildman–Crippen LogP) is 3.05. The topological polar surface area (TPSA) is 116 Å². The Bertz CT molecular complexity index is 1340. The third-order valence-electron chi connectivity index (χ3n) is 5.49. The first-order valence-corrected chi connectivity index (χ1v) is 12.0. The highest BCUT2D eigenvalue weighted by atomic mass is 32.2. The Balaban J connectivity index is 1.82. The zero-order valence-corrected chi connectivity index (χ0v) is 19.2. The number of aryl methyl sites for hydroxylation is 1. The van der Waals surface area contributed by atoms with E-state index < -0.39 is 21.8 Å². The molecule has 1 aliphatic rings. The van der Waals surface area contributed by atoms with Crippen LogP contribution in [0.25, 0.3) is 22.2 Å². The Morgan fingerprint density at radius 3 is 2.61 bits per heavy atom. The summed E-state index contributed by atoms with van der Waals surface area (Å²) in [4.78, 5) is 17.1. The van der Waals surface area contributed by atoms with Crippen molar-refractivity contribution in [1.29, 1.82) is 0 Å². The standard InChI is InChI=1S/C23H25FN4O4S/c1-14-26-22-20(15-3-7-19(8-4-15)33(30,31)27-18-5-6-18)11-16(23(29)32-2)12-21(22)28(14)13-17(24)9-10-25/h3-4,7-9,11-12,18,27H,5-6,10,13,25H2,1-2H3/b17-9-. The Morgan fingerprint density at radius 2 is 2.00 bits per heavy atom. The van der Waals surface area contributed by atoms with Crippen LogP contribution in [0.3, 0.4) is 0 Å². The number of nitrogens with zero attached hydrogens (tertiary/aromatic N) is 2. The molecule has 10 heteroatoms. The number of carbonyl (C=O) groups excluding carboxylic acids is 1. The minimum atomic E-state index is -3.59. The fourth-order valence-electron chi connectivity index (χ4n) is 3.64. The molecule has 1 heterocycles. The van der Waals surface area contributed by atoms with E-state index in [9.17, 15) is 17.6 Å². The SMILES string of the molecule is COC(=O)c1cc(-c2ccc(S(=O)(=O)NC3CC3)cc2)c2nc(C)n(C/C(F)=C/CN)c2c1. The smallest absolute Gasteiger partial charge is 0.337 e. The normalized spacial score (nSPS) is 14.6. The number of ether oxygens (including phenoxy) is 1. The van der Waals surface area contributed by atoms with Crippen molar-refractivity contribution in [3.05, 3.63) is 59.7 Å². The highest BCUT2D eigenvalue weighted by Gasteiger charge is 2.28. The molecule has 0 bridgehead atoms. The van der Waals surface area contributed by atoms with Gasteiger partial charge in [0.2, 0.25) is 10.0 Å². The number of hydrogen-bond acceptors (Lipinski definition) is 6. The Hall–Kier alpha value is -3.08. The van der Waals surface area contributed by atoms with Gasteiger partial charge in [0.05, 0.1) is 35.1 Å². The van der Waals surface area contributed by atoms with Crippen LogP contribution in [0.15, 0.2) is 53.2 Å². The summed E-state index contributed by atoms with van der Waals surface area (Å²) >= 11 is 0. The van der Waals surface area contributed by atoms with Crippen molar-refractivity contribution in [2.75, 3.05) is 13.7 Å². The van der Waals surface area contributed by atoms with Gasteiger partial charge >= 0.3 is 5.97 Å². The van der Waals surface area contributed by atoms with Crippen molar-refractivity contribution in [2.24, 2.45) is 5.73 Å². The Labute approximate surface area is 191 Å². The van der Waals surface area contributed by atoms with Gasteiger partial charge in [-0.05, 0) is 55.7 Å². The summed E-state index contributed by atoms with van der Waals surface area (Å²) in [6.07, 6.45) is 2.97. The van der Waals surface area contributed by atoms with Gasteiger partial charge < -0.3 is 15.0 Å². The monoisotopic (exact) mass is 472 g/mol. The van der Waals surface area contributed by atoms with E-state index in [1.54, 1.807) is 35.8 Å². The van der Waals surface area contributed by atoms with E-state index in [2.05, 4.69) is 9.71 Å². The molecule has 0 amide bonds. The van der Waals surface area contributed by atoms with E-state index in [1.165, 1.54) is 25.3 Å². The van der Waals surface area contributed by atoms with Gasteiger partial charge in [-0.1, -0.05) is 12.1 Å². The van der Waals surface area contributed by atoms with Crippen molar-refractivity contribution >= 4 is 27.0 Å². The molecule has 174 valence electrons. The second kappa shape index (κ2) is 9.05. The molecule has 0 saturated heterocycles. The maximum atomic E-state index is 14.3. The lowest BCUT2D eigenvalue weighted by Gasteiger charge is -2.10. The molecule has 33 heavy (non-hydrogen) atoms. The van der Waals surface area contributed by atoms with E-state index in [1.807, 2.05) is 0 Å². The quantitative estimate of drug-likeness (QED) is 0.487. The highest BCUT2D eigenvalue weighted by molar-refractivity contribution is 7.89. The molecule has 1 fully saturated rings. The average Bonchev–Trinajstić information content (AvgIpc) is 3.54. The molecule has 0 atom stereocenters. The highest BCUT2D eigenvalue weighted by Crippen LogP contribution is 2.32. The Morgan fingerprint density at radius 1 is 1.30 bits per heavy atom. The molecule has 4 rings (SSSR count). The summed E-state index contributed by atoms with van der Waals surface area (Å²) < 4.78 is 48.4. The lowest BCUT2D eigenvalue weighted by molar-refractivity contribution is 0.0601. The maximum absolute atomic E-state index is 14.3. The molecular formula is C23H25FN4O4S. The number of rotatable bonds is 8. The van der Waals surface area contributed by atoms with Crippen LogP contribution in [0.5, 0.6) is 0 Å². The van der Waals surface area contributed by atoms with Gasteiger partial charge in [0, 0.05) is 18.2 Å². The molecule has 2 aromatic carbocycles. The molecule has 0 aliphatic heterocycles. The number of halogens is 1. The lowest BCUT2D eigenvalue weighted by atomic mass is 10.0. The van der Waals surface area contributed by atoms with Crippen LogP contribution < -0.4 is 10.5 Å². The summed E-state index contributed by atoms with van der Waals surface area (Å²) in [6, 6.07) is 9.63. The van der Waals surface area contributed by atoms with Gasteiger partial charge in [-0.15, -0.1) is 0 Å². The molecule has 1 aliphatic carbocycles. The van der Waals surface area contributed by atoms with Crippen LogP contribution in [0.4, 0.5) is 4.39 Å². The number of imidazole rings is 1. The fraction of sp³-hybridized carbons (Fsp3) is 0.304. The van der Waals surface area contributed by atoms with E-state index in [-0.39, 0.29) is 29.6 Å². The summed E-state index contributed by atoms with van der Waals surface area (Å²) in [6.45, 7) is 1.74. The minimum absolute atomic E-state index is 0.00620. The predicted molar refractivity (Wildman–Crippen MR) is 123 cm³/mol. The number of benzene rings is 2. The number of nitrogens with two attached hydrogens (primary N) is 1. The number of carbonyl (C=O) groups is 1. The first-order valence-electron chi connectivity index (χ1n) is 10.5. The molecular weight excluding hydrogens is 447 g/mol. The molecule has 3 N–H and O–H groups in total. The first-order chi connectivity index (χ1) is 15.7. The van der Waals surface area contributed by atoms with E-state index in [4.69, 9.17) is 10.5 Å². The third-order valence-corrected chi connectivity index (χ3v) is 7.03. The second-order valence-electron chi connectivity index (χ2n) is 7.93. The van der Waals surface area contributed by atoms with Crippen LogP contribution in [0.1, 0.15) is 29.0 Å². The van der Waals surface area contributed by atoms with Crippen LogP contribution in [0, 0.1) is 6.92 Å². The van der Waals surface area contributed by atoms with Gasteiger partial charge in [0.25, 0.3) is 0 Å². The minimum Gasteiger partial charge on any atom is -0.465 e. The van der Waals surface area contributed by atoms with Crippen LogP contribution in [0.2, 0.25) is 0 Å². The van der Waals surface area contributed by atoms with E-state index in [0.717, 1.165) is 12.8 Å². The van der Waals surface area contributed by atoms with E-state index in [0.29, 0.717) is 28.0 Å². The average molecular weight is 473 g/mol. The van der Waals surface area contributed by atoms with Crippen molar-refractivity contribution in [2.45, 2.75) is 37.2 Å². The molecule has 0 radical (unpaired) electrons. The number of hydrogen-bond donors (Lipinski definition) is 2. The summed E-state index contributed by atoms with van der Waals surface area (Å²) in [7, 11) is -2.30. The zero-order chi connectivity index (χ0) is 23.8. The van der Waals surface area contributed by atoms with E-state index >= 15 is 0 Å². The fourth-order valence-corrected chi connectivity index (χ4v) is 4.94. The molecule has 3 aromatic rings. The van der Waals surface area contributed by atoms with Gasteiger partial charge in [0.1, 0.15) is 11.7 Å². The second-order valence-corrected chi connectivity index (χ2v) is 9.65. The number of esters is 1. The van der Waals surface area contributed by atoms with Crippen molar-refractivity contribution < 1.29 is 22.3 Å². The largest absolute Gasteiger partial charge is 0.465 e. The van der Waals surface area contributed by atoms with Crippen molar-refractivity contribution in [3.63, 3.8) is 0 Å². The maximum Gasteiger partial charge on any atom is 0.337 e. The van der Waals surface area contributed by atoms with Crippen LogP contribution in [-0.2, 0) is 21.3 Å². The summed E-state index contributed by atoms with van der Waals surface area (Å²) in [5.74, 6) is -0.404. The molecule has 8 nitrogen and oxygen atoms in total. The van der Waals surface area contributed by atoms with Gasteiger partial charge in [-0.25, -0.2) is 27.3 Å². The Kier molecular flexibility index (Phi) is 6.33. The molecule has 1 saturated carbocycles. The molecule has 0 spiro atoms.